The first-order valence-electron chi connectivity index (χ1n) is 11.7. The molecule has 0 aromatic heterocycles. The number of nitrogens with zero attached hydrogens (tertiary/aromatic N) is 2. The van der Waals surface area contributed by atoms with Crippen molar-refractivity contribution in [1.82, 2.24) is 9.80 Å². The number of likely N-dealkylation sites (tertiary alicyclic amines) is 1. The van der Waals surface area contributed by atoms with E-state index in [1.807, 2.05) is 36.4 Å². The number of fused-ring (bicyclic) bond motifs is 1. The molecule has 3 atom stereocenters. The maximum Gasteiger partial charge on any atom is 0.260 e. The monoisotopic (exact) mass is 419 g/mol. The van der Waals surface area contributed by atoms with Crippen LogP contribution in [0.3, 0.4) is 0 Å². The van der Waals surface area contributed by atoms with Crippen molar-refractivity contribution < 1.29 is 9.90 Å². The van der Waals surface area contributed by atoms with Crippen molar-refractivity contribution in [2.75, 3.05) is 19.8 Å². The predicted octanol–water partition coefficient (Wildman–Crippen LogP) is 2.94. The van der Waals surface area contributed by atoms with Gasteiger partial charge in [-0.05, 0) is 35.8 Å². The Morgan fingerprint density at radius 3 is 2.16 bits per heavy atom. The van der Waals surface area contributed by atoms with Gasteiger partial charge in [-0.15, -0.1) is 0 Å². The van der Waals surface area contributed by atoms with Crippen LogP contribution in [0.1, 0.15) is 36.8 Å². The van der Waals surface area contributed by atoms with E-state index < -0.39 is 5.60 Å². The molecule has 164 valence electrons. The molecular formula is C26H33N3O2. The van der Waals surface area contributed by atoms with Gasteiger partial charge in [0, 0.05) is 31.6 Å². The number of hydrogen-bond donors (Lipinski definition) is 2. The molecule has 0 spiro atoms. The molecular weight excluding hydrogens is 386 g/mol. The summed E-state index contributed by atoms with van der Waals surface area (Å²) >= 11 is 0. The fraction of sp³-hybridized carbons (Fsp3) is 0.500. The van der Waals surface area contributed by atoms with Crippen molar-refractivity contribution in [3.05, 3.63) is 71.8 Å². The maximum atomic E-state index is 13.9. The van der Waals surface area contributed by atoms with Crippen LogP contribution in [0.5, 0.6) is 0 Å². The molecule has 5 heteroatoms. The first-order valence-corrected chi connectivity index (χ1v) is 11.7. The van der Waals surface area contributed by atoms with Gasteiger partial charge in [0.15, 0.2) is 5.60 Å². The van der Waals surface area contributed by atoms with Gasteiger partial charge in [0.1, 0.15) is 0 Å². The number of aliphatic hydroxyl groups is 1. The number of hydrogen-bond acceptors (Lipinski definition) is 4. The molecule has 2 aromatic rings. The van der Waals surface area contributed by atoms with Crippen LogP contribution in [0.15, 0.2) is 60.7 Å². The topological polar surface area (TPSA) is 69.8 Å². The van der Waals surface area contributed by atoms with Gasteiger partial charge >= 0.3 is 0 Å². The Kier molecular flexibility index (Phi) is 5.59. The minimum Gasteiger partial charge on any atom is -0.375 e. The molecule has 3 fully saturated rings. The molecule has 1 aliphatic heterocycles. The highest BCUT2D eigenvalue weighted by atomic mass is 16.3. The van der Waals surface area contributed by atoms with Crippen molar-refractivity contribution in [2.45, 2.75) is 43.9 Å². The summed E-state index contributed by atoms with van der Waals surface area (Å²) in [5.74, 6) is 0.686. The number of amides is 1. The quantitative estimate of drug-likeness (QED) is 0.677. The molecule has 1 heterocycles. The molecule has 2 saturated carbocycles. The third kappa shape index (κ3) is 3.69. The highest BCUT2D eigenvalue weighted by molar-refractivity contribution is 5.87. The molecule has 5 nitrogen and oxygen atoms in total. The first kappa shape index (κ1) is 20.7. The summed E-state index contributed by atoms with van der Waals surface area (Å²) in [7, 11) is 0. The fourth-order valence-electron chi connectivity index (χ4n) is 6.14. The van der Waals surface area contributed by atoms with Crippen LogP contribution in [0.25, 0.3) is 0 Å². The molecule has 31 heavy (non-hydrogen) atoms. The Balaban J connectivity index is 1.31. The van der Waals surface area contributed by atoms with E-state index in [0.29, 0.717) is 17.4 Å². The SMILES string of the molecule is NCN(C(=O)[C@](O)(c1ccccc1)C1CCCC1)C1C2CN(Cc3ccccc3)CC21. The van der Waals surface area contributed by atoms with Gasteiger partial charge in [-0.25, -0.2) is 0 Å². The van der Waals surface area contributed by atoms with E-state index in [1.165, 1.54) is 5.56 Å². The number of carbonyl (C=O) groups is 1. The molecule has 3 aliphatic rings. The predicted molar refractivity (Wildman–Crippen MR) is 121 cm³/mol. The van der Waals surface area contributed by atoms with Crippen LogP contribution in [-0.2, 0) is 16.9 Å². The van der Waals surface area contributed by atoms with Gasteiger partial charge < -0.3 is 15.7 Å². The molecule has 5 rings (SSSR count). The van der Waals surface area contributed by atoms with Crippen molar-refractivity contribution in [2.24, 2.45) is 23.5 Å². The first-order chi connectivity index (χ1) is 15.1. The molecule has 0 bridgehead atoms. The van der Waals surface area contributed by atoms with E-state index in [4.69, 9.17) is 5.73 Å². The third-order valence-corrected chi connectivity index (χ3v) is 7.78. The van der Waals surface area contributed by atoms with E-state index in [-0.39, 0.29) is 24.5 Å². The van der Waals surface area contributed by atoms with Gasteiger partial charge in [0.05, 0.1) is 6.67 Å². The largest absolute Gasteiger partial charge is 0.375 e. The Hall–Kier alpha value is -2.21. The summed E-state index contributed by atoms with van der Waals surface area (Å²) in [5.41, 5.74) is 6.69. The van der Waals surface area contributed by atoms with Crippen LogP contribution in [-0.4, -0.2) is 46.6 Å². The zero-order valence-electron chi connectivity index (χ0n) is 18.1. The number of piperidine rings is 1. The lowest BCUT2D eigenvalue weighted by molar-refractivity contribution is -0.160. The highest BCUT2D eigenvalue weighted by Gasteiger charge is 2.61. The van der Waals surface area contributed by atoms with E-state index in [1.54, 1.807) is 4.90 Å². The van der Waals surface area contributed by atoms with Crippen LogP contribution in [0.2, 0.25) is 0 Å². The van der Waals surface area contributed by atoms with Gasteiger partial charge in [0.25, 0.3) is 5.91 Å². The molecule has 2 unspecified atom stereocenters. The van der Waals surface area contributed by atoms with Gasteiger partial charge in [-0.2, -0.15) is 0 Å². The second-order valence-electron chi connectivity index (χ2n) is 9.57. The summed E-state index contributed by atoms with van der Waals surface area (Å²) in [6, 6.07) is 20.2. The van der Waals surface area contributed by atoms with Crippen molar-refractivity contribution in [1.29, 1.82) is 0 Å². The summed E-state index contributed by atoms with van der Waals surface area (Å²) in [6.07, 6.45) is 3.91. The van der Waals surface area contributed by atoms with E-state index in [2.05, 4.69) is 29.2 Å². The minimum atomic E-state index is -1.47. The van der Waals surface area contributed by atoms with E-state index in [0.717, 1.165) is 45.3 Å². The molecule has 1 saturated heterocycles. The van der Waals surface area contributed by atoms with Gasteiger partial charge in [-0.3, -0.25) is 9.69 Å². The summed E-state index contributed by atoms with van der Waals surface area (Å²) in [5, 5.41) is 11.9. The smallest absolute Gasteiger partial charge is 0.260 e. The Morgan fingerprint density at radius 1 is 1.00 bits per heavy atom. The molecule has 0 radical (unpaired) electrons. The number of rotatable bonds is 7. The Morgan fingerprint density at radius 2 is 1.58 bits per heavy atom. The van der Waals surface area contributed by atoms with Crippen molar-refractivity contribution >= 4 is 5.91 Å². The molecule has 1 amide bonds. The third-order valence-electron chi connectivity index (χ3n) is 7.78. The lowest BCUT2D eigenvalue weighted by Gasteiger charge is -2.38. The zero-order chi connectivity index (χ0) is 21.4. The summed E-state index contributed by atoms with van der Waals surface area (Å²) in [4.78, 5) is 18.1. The lowest BCUT2D eigenvalue weighted by atomic mass is 9.79. The highest BCUT2D eigenvalue weighted by Crippen LogP contribution is 2.51. The second-order valence-corrected chi connectivity index (χ2v) is 9.57. The standard InChI is InChI=1S/C26H33N3O2/c27-18-29(24-22-16-28(17-23(22)24)15-19-9-3-1-4-10-19)25(30)26(31,21-13-7-8-14-21)20-11-5-2-6-12-20/h1-6,9-12,21-24,31H,7-8,13-18,27H2/t22?,23?,24?,26-/m0/s1. The molecule has 2 aliphatic carbocycles. The average Bonchev–Trinajstić information content (AvgIpc) is 3.20. The second kappa shape index (κ2) is 8.38. The van der Waals surface area contributed by atoms with E-state index in [9.17, 15) is 9.90 Å². The van der Waals surface area contributed by atoms with Gasteiger partial charge in [0.2, 0.25) is 0 Å². The summed E-state index contributed by atoms with van der Waals surface area (Å²) in [6.45, 7) is 3.09. The minimum absolute atomic E-state index is 0.0374. The Bertz CT molecular complexity index is 887. The van der Waals surface area contributed by atoms with Crippen LogP contribution < -0.4 is 5.73 Å². The fourth-order valence-corrected chi connectivity index (χ4v) is 6.14. The van der Waals surface area contributed by atoms with Gasteiger partial charge in [-0.1, -0.05) is 73.5 Å². The van der Waals surface area contributed by atoms with E-state index >= 15 is 0 Å². The lowest BCUT2D eigenvalue weighted by Crippen LogP contribution is -2.54. The Labute approximate surface area is 184 Å². The normalized spacial score (nSPS) is 27.6. The van der Waals surface area contributed by atoms with Crippen LogP contribution in [0.4, 0.5) is 0 Å². The number of benzene rings is 2. The number of carbonyl (C=O) groups excluding carboxylic acids is 1. The van der Waals surface area contributed by atoms with Crippen molar-refractivity contribution in [3.63, 3.8) is 0 Å². The average molecular weight is 420 g/mol. The molecule has 3 N–H and O–H groups in total. The summed E-state index contributed by atoms with van der Waals surface area (Å²) < 4.78 is 0. The number of nitrogens with two attached hydrogens (primary N) is 1. The van der Waals surface area contributed by atoms with Crippen LogP contribution in [0, 0.1) is 17.8 Å². The van der Waals surface area contributed by atoms with Crippen LogP contribution >= 0.6 is 0 Å². The maximum absolute atomic E-state index is 13.9. The molecule has 2 aromatic carbocycles. The zero-order valence-corrected chi connectivity index (χ0v) is 18.1. The van der Waals surface area contributed by atoms with Crippen molar-refractivity contribution in [3.8, 4) is 0 Å².